The lowest BCUT2D eigenvalue weighted by atomic mass is 10.2. The number of ether oxygens (including phenoxy) is 1. The molecular formula is C12H19NOS. The zero-order valence-corrected chi connectivity index (χ0v) is 10.3. The fraction of sp³-hybridized carbons (Fsp3) is 0.500. The molecule has 0 radical (unpaired) electrons. The van der Waals surface area contributed by atoms with E-state index >= 15 is 0 Å². The van der Waals surface area contributed by atoms with Crippen LogP contribution < -0.4 is 5.32 Å². The third-order valence-corrected chi connectivity index (χ3v) is 2.99. The van der Waals surface area contributed by atoms with Crippen LogP contribution in [0.2, 0.25) is 0 Å². The number of methoxy groups -OCH3 is 1. The van der Waals surface area contributed by atoms with Gasteiger partial charge in [0.05, 0.1) is 6.61 Å². The van der Waals surface area contributed by atoms with E-state index in [-0.39, 0.29) is 0 Å². The molecule has 0 saturated carbocycles. The molecule has 0 amide bonds. The van der Waals surface area contributed by atoms with Crippen LogP contribution in [-0.4, -0.2) is 26.0 Å². The molecule has 84 valence electrons. The van der Waals surface area contributed by atoms with Crippen LogP contribution in [0.5, 0.6) is 0 Å². The van der Waals surface area contributed by atoms with Gasteiger partial charge in [0.25, 0.3) is 0 Å². The van der Waals surface area contributed by atoms with Gasteiger partial charge in [-0.1, -0.05) is 19.1 Å². The van der Waals surface area contributed by atoms with Gasteiger partial charge in [-0.3, -0.25) is 0 Å². The lowest BCUT2D eigenvalue weighted by Crippen LogP contribution is -2.11. The molecule has 0 spiro atoms. The Bertz CT molecular complexity index is 278. The van der Waals surface area contributed by atoms with Crippen molar-refractivity contribution in [3.63, 3.8) is 0 Å². The van der Waals surface area contributed by atoms with E-state index in [1.807, 2.05) is 11.8 Å². The molecule has 0 bridgehead atoms. The molecule has 0 aromatic heterocycles. The summed E-state index contributed by atoms with van der Waals surface area (Å²) in [4.78, 5) is 1.32. The second kappa shape index (κ2) is 7.74. The Kier molecular flexibility index (Phi) is 6.48. The first kappa shape index (κ1) is 12.6. The van der Waals surface area contributed by atoms with Crippen LogP contribution >= 0.6 is 11.8 Å². The molecule has 1 N–H and O–H groups in total. The summed E-state index contributed by atoms with van der Waals surface area (Å²) in [5.74, 6) is 1.02. The summed E-state index contributed by atoms with van der Waals surface area (Å²) >= 11 is 1.84. The third kappa shape index (κ3) is 5.21. The molecule has 0 atom stereocenters. The van der Waals surface area contributed by atoms with E-state index in [1.54, 1.807) is 7.11 Å². The van der Waals surface area contributed by atoms with Gasteiger partial charge in [0.2, 0.25) is 0 Å². The third-order valence-electron chi connectivity index (χ3n) is 2.03. The summed E-state index contributed by atoms with van der Waals surface area (Å²) in [7, 11) is 1.74. The van der Waals surface area contributed by atoms with Crippen molar-refractivity contribution in [2.45, 2.75) is 18.4 Å². The largest absolute Gasteiger partial charge is 0.384 e. The quantitative estimate of drug-likeness (QED) is 0.569. The Morgan fingerprint density at radius 1 is 1.40 bits per heavy atom. The molecule has 0 aliphatic carbocycles. The second-order valence-corrected chi connectivity index (χ2v) is 4.44. The molecule has 0 unspecified atom stereocenters. The Labute approximate surface area is 96.4 Å². The standard InChI is InChI=1S/C12H19NOS/c1-3-13-10-11-5-4-6-12(9-11)15-8-7-14-2/h4-6,9,13H,3,7-8,10H2,1-2H3. The van der Waals surface area contributed by atoms with Gasteiger partial charge in [0.15, 0.2) is 0 Å². The van der Waals surface area contributed by atoms with Gasteiger partial charge in [-0.15, -0.1) is 11.8 Å². The molecule has 2 nitrogen and oxygen atoms in total. The molecule has 0 aliphatic rings. The minimum atomic E-state index is 0.808. The average molecular weight is 225 g/mol. The van der Waals surface area contributed by atoms with E-state index in [0.717, 1.165) is 25.4 Å². The Morgan fingerprint density at radius 3 is 3.00 bits per heavy atom. The van der Waals surface area contributed by atoms with E-state index < -0.39 is 0 Å². The highest BCUT2D eigenvalue weighted by Crippen LogP contribution is 2.18. The highest BCUT2D eigenvalue weighted by Gasteiger charge is 1.96. The van der Waals surface area contributed by atoms with Crippen molar-refractivity contribution in [1.29, 1.82) is 0 Å². The normalized spacial score (nSPS) is 10.5. The zero-order chi connectivity index (χ0) is 10.9. The van der Waals surface area contributed by atoms with Crippen molar-refractivity contribution in [2.75, 3.05) is 26.0 Å². The van der Waals surface area contributed by atoms with Crippen LogP contribution in [-0.2, 0) is 11.3 Å². The molecule has 0 aliphatic heterocycles. The molecule has 1 aromatic carbocycles. The maximum Gasteiger partial charge on any atom is 0.0556 e. The van der Waals surface area contributed by atoms with Crippen LogP contribution in [0.4, 0.5) is 0 Å². The van der Waals surface area contributed by atoms with Crippen LogP contribution in [0.1, 0.15) is 12.5 Å². The van der Waals surface area contributed by atoms with Gasteiger partial charge < -0.3 is 10.1 Å². The summed E-state index contributed by atoms with van der Waals surface area (Å²) in [6.45, 7) is 4.90. The molecular weight excluding hydrogens is 206 g/mol. The SMILES string of the molecule is CCNCc1cccc(SCCOC)c1. The van der Waals surface area contributed by atoms with Crippen molar-refractivity contribution < 1.29 is 4.74 Å². The van der Waals surface area contributed by atoms with Crippen LogP contribution in [0.3, 0.4) is 0 Å². The highest BCUT2D eigenvalue weighted by molar-refractivity contribution is 7.99. The number of benzene rings is 1. The van der Waals surface area contributed by atoms with Crippen molar-refractivity contribution >= 4 is 11.8 Å². The Hall–Kier alpha value is -0.510. The lowest BCUT2D eigenvalue weighted by molar-refractivity contribution is 0.218. The molecule has 0 saturated heterocycles. The predicted molar refractivity (Wildman–Crippen MR) is 66.4 cm³/mol. The second-order valence-electron chi connectivity index (χ2n) is 3.27. The number of thioether (sulfide) groups is 1. The maximum atomic E-state index is 5.03. The van der Waals surface area contributed by atoms with E-state index in [0.29, 0.717) is 0 Å². The van der Waals surface area contributed by atoms with Gasteiger partial charge in [-0.2, -0.15) is 0 Å². The van der Waals surface area contributed by atoms with Gasteiger partial charge in [0.1, 0.15) is 0 Å². The first-order valence-electron chi connectivity index (χ1n) is 5.28. The van der Waals surface area contributed by atoms with E-state index in [4.69, 9.17) is 4.74 Å². The fourth-order valence-corrected chi connectivity index (χ4v) is 2.15. The van der Waals surface area contributed by atoms with E-state index in [2.05, 4.69) is 36.5 Å². The van der Waals surface area contributed by atoms with Crippen molar-refractivity contribution in [3.8, 4) is 0 Å². The molecule has 0 heterocycles. The topological polar surface area (TPSA) is 21.3 Å². The number of nitrogens with one attached hydrogen (secondary N) is 1. The van der Waals surface area contributed by atoms with Crippen molar-refractivity contribution in [3.05, 3.63) is 29.8 Å². The lowest BCUT2D eigenvalue weighted by Gasteiger charge is -2.05. The molecule has 0 fully saturated rings. The first-order valence-corrected chi connectivity index (χ1v) is 6.26. The monoisotopic (exact) mass is 225 g/mol. The van der Waals surface area contributed by atoms with Gasteiger partial charge >= 0.3 is 0 Å². The highest BCUT2D eigenvalue weighted by atomic mass is 32.2. The van der Waals surface area contributed by atoms with Gasteiger partial charge in [-0.25, -0.2) is 0 Å². The average Bonchev–Trinajstić information content (AvgIpc) is 2.27. The van der Waals surface area contributed by atoms with Crippen molar-refractivity contribution in [2.24, 2.45) is 0 Å². The maximum absolute atomic E-state index is 5.03. The summed E-state index contributed by atoms with van der Waals surface area (Å²) in [6, 6.07) is 8.66. The molecule has 15 heavy (non-hydrogen) atoms. The molecule has 1 aromatic rings. The summed E-state index contributed by atoms with van der Waals surface area (Å²) < 4.78 is 5.03. The van der Waals surface area contributed by atoms with E-state index in [9.17, 15) is 0 Å². The van der Waals surface area contributed by atoms with Gasteiger partial charge in [0, 0.05) is 24.3 Å². The van der Waals surface area contributed by atoms with Crippen molar-refractivity contribution in [1.82, 2.24) is 5.32 Å². The van der Waals surface area contributed by atoms with E-state index in [1.165, 1.54) is 10.5 Å². The van der Waals surface area contributed by atoms with Gasteiger partial charge in [-0.05, 0) is 24.2 Å². The first-order chi connectivity index (χ1) is 7.36. The Morgan fingerprint density at radius 2 is 2.27 bits per heavy atom. The minimum Gasteiger partial charge on any atom is -0.384 e. The van der Waals surface area contributed by atoms with Crippen LogP contribution in [0, 0.1) is 0 Å². The number of hydrogen-bond donors (Lipinski definition) is 1. The molecule has 3 heteroatoms. The van der Waals surface area contributed by atoms with Crippen LogP contribution in [0.25, 0.3) is 0 Å². The fourth-order valence-electron chi connectivity index (χ4n) is 1.26. The summed E-state index contributed by atoms with van der Waals surface area (Å²) in [5.41, 5.74) is 1.35. The van der Waals surface area contributed by atoms with Crippen LogP contribution in [0.15, 0.2) is 29.2 Å². The number of hydrogen-bond acceptors (Lipinski definition) is 3. The Balaban J connectivity index is 2.42. The summed E-state index contributed by atoms with van der Waals surface area (Å²) in [5, 5.41) is 3.33. The zero-order valence-electron chi connectivity index (χ0n) is 9.45. The predicted octanol–water partition coefficient (Wildman–Crippen LogP) is 2.53. The minimum absolute atomic E-state index is 0.808. The molecule has 1 rings (SSSR count). The number of rotatable bonds is 7. The smallest absolute Gasteiger partial charge is 0.0556 e. The summed E-state index contributed by atoms with van der Waals surface area (Å²) in [6.07, 6.45) is 0.